The average molecular weight is 326 g/mol. The standard InChI is InChI=1S/C19H22N2O3/c1-13-5-4-6-17(14(13)2)12-21(3)19(24)20-11-15-7-9-16(10-8-15)18(22)23/h4-10H,11-12H2,1-3H3,(H,20,24)(H,22,23). The Balaban J connectivity index is 1.92. The first-order chi connectivity index (χ1) is 11.4. The Morgan fingerprint density at radius 2 is 1.75 bits per heavy atom. The Bertz CT molecular complexity index is 739. The zero-order chi connectivity index (χ0) is 17.7. The molecule has 2 aromatic rings. The highest BCUT2D eigenvalue weighted by molar-refractivity contribution is 5.87. The Hall–Kier alpha value is -2.82. The molecule has 24 heavy (non-hydrogen) atoms. The summed E-state index contributed by atoms with van der Waals surface area (Å²) in [7, 11) is 1.75. The highest BCUT2D eigenvalue weighted by atomic mass is 16.4. The quantitative estimate of drug-likeness (QED) is 0.885. The molecule has 0 aromatic heterocycles. The molecule has 0 aliphatic heterocycles. The van der Waals surface area contributed by atoms with Gasteiger partial charge in [-0.05, 0) is 48.2 Å². The van der Waals surface area contributed by atoms with E-state index in [4.69, 9.17) is 5.11 Å². The van der Waals surface area contributed by atoms with E-state index in [1.807, 2.05) is 12.1 Å². The van der Waals surface area contributed by atoms with Gasteiger partial charge in [-0.2, -0.15) is 0 Å². The van der Waals surface area contributed by atoms with Gasteiger partial charge in [-0.15, -0.1) is 0 Å². The molecule has 126 valence electrons. The van der Waals surface area contributed by atoms with Gasteiger partial charge >= 0.3 is 12.0 Å². The number of carbonyl (C=O) groups is 2. The molecule has 2 amide bonds. The summed E-state index contributed by atoms with van der Waals surface area (Å²) in [6.07, 6.45) is 0. The van der Waals surface area contributed by atoms with Crippen molar-refractivity contribution in [1.29, 1.82) is 0 Å². The Labute approximate surface area is 141 Å². The van der Waals surface area contributed by atoms with Crippen LogP contribution in [-0.2, 0) is 13.1 Å². The Morgan fingerprint density at radius 3 is 2.38 bits per heavy atom. The summed E-state index contributed by atoms with van der Waals surface area (Å²) in [5.41, 5.74) is 4.62. The maximum atomic E-state index is 12.2. The highest BCUT2D eigenvalue weighted by Crippen LogP contribution is 2.14. The molecule has 2 rings (SSSR count). The number of carboxylic acids is 1. The van der Waals surface area contributed by atoms with Crippen LogP contribution in [0.3, 0.4) is 0 Å². The molecule has 5 nitrogen and oxygen atoms in total. The Morgan fingerprint density at radius 1 is 1.08 bits per heavy atom. The van der Waals surface area contributed by atoms with Gasteiger partial charge < -0.3 is 15.3 Å². The predicted molar refractivity (Wildman–Crippen MR) is 93.0 cm³/mol. The molecule has 0 aliphatic rings. The highest BCUT2D eigenvalue weighted by Gasteiger charge is 2.11. The van der Waals surface area contributed by atoms with Gasteiger partial charge in [0.25, 0.3) is 0 Å². The third-order valence-electron chi connectivity index (χ3n) is 4.12. The number of carboxylic acid groups (broad SMARTS) is 1. The maximum Gasteiger partial charge on any atom is 0.335 e. The minimum absolute atomic E-state index is 0.168. The predicted octanol–water partition coefficient (Wildman–Crippen LogP) is 3.34. The molecule has 0 unspecified atom stereocenters. The number of amides is 2. The van der Waals surface area contributed by atoms with Crippen molar-refractivity contribution in [2.45, 2.75) is 26.9 Å². The molecule has 0 heterocycles. The fraction of sp³-hybridized carbons (Fsp3) is 0.263. The van der Waals surface area contributed by atoms with Crippen molar-refractivity contribution in [2.24, 2.45) is 0 Å². The summed E-state index contributed by atoms with van der Waals surface area (Å²) >= 11 is 0. The number of aryl methyl sites for hydroxylation is 1. The number of carbonyl (C=O) groups excluding carboxylic acids is 1. The second-order valence-corrected chi connectivity index (χ2v) is 5.88. The van der Waals surface area contributed by atoms with Gasteiger partial charge in [0, 0.05) is 20.1 Å². The van der Waals surface area contributed by atoms with Crippen LogP contribution in [0.2, 0.25) is 0 Å². The fourth-order valence-corrected chi connectivity index (χ4v) is 2.39. The van der Waals surface area contributed by atoms with Gasteiger partial charge in [0.05, 0.1) is 5.56 Å². The van der Waals surface area contributed by atoms with E-state index in [2.05, 4.69) is 25.2 Å². The molecule has 2 aromatic carbocycles. The second-order valence-electron chi connectivity index (χ2n) is 5.88. The molecule has 0 radical (unpaired) electrons. The van der Waals surface area contributed by atoms with Crippen molar-refractivity contribution in [3.8, 4) is 0 Å². The van der Waals surface area contributed by atoms with Crippen LogP contribution < -0.4 is 5.32 Å². The monoisotopic (exact) mass is 326 g/mol. The van der Waals surface area contributed by atoms with Crippen LogP contribution in [0.1, 0.15) is 32.6 Å². The number of nitrogens with zero attached hydrogens (tertiary/aromatic N) is 1. The first-order valence-electron chi connectivity index (χ1n) is 7.74. The number of aromatic carboxylic acids is 1. The van der Waals surface area contributed by atoms with Crippen molar-refractivity contribution in [1.82, 2.24) is 10.2 Å². The van der Waals surface area contributed by atoms with E-state index < -0.39 is 5.97 Å². The first kappa shape index (κ1) is 17.5. The van der Waals surface area contributed by atoms with E-state index in [1.54, 1.807) is 24.1 Å². The maximum absolute atomic E-state index is 12.2. The lowest BCUT2D eigenvalue weighted by Gasteiger charge is -2.20. The topological polar surface area (TPSA) is 69.6 Å². The Kier molecular flexibility index (Phi) is 5.58. The lowest BCUT2D eigenvalue weighted by molar-refractivity contribution is 0.0697. The van der Waals surface area contributed by atoms with Gasteiger partial charge in [-0.1, -0.05) is 30.3 Å². The van der Waals surface area contributed by atoms with Crippen molar-refractivity contribution in [2.75, 3.05) is 7.05 Å². The van der Waals surface area contributed by atoms with Crippen molar-refractivity contribution < 1.29 is 14.7 Å². The number of hydrogen-bond donors (Lipinski definition) is 2. The van der Waals surface area contributed by atoms with Crippen LogP contribution in [0.4, 0.5) is 4.79 Å². The van der Waals surface area contributed by atoms with E-state index in [0.717, 1.165) is 11.1 Å². The number of urea groups is 1. The van der Waals surface area contributed by atoms with Gasteiger partial charge in [0.15, 0.2) is 0 Å². The molecule has 5 heteroatoms. The van der Waals surface area contributed by atoms with Crippen molar-refractivity contribution in [3.05, 3.63) is 70.3 Å². The zero-order valence-electron chi connectivity index (χ0n) is 14.2. The van der Waals surface area contributed by atoms with Crippen LogP contribution in [0.5, 0.6) is 0 Å². The lowest BCUT2D eigenvalue weighted by atomic mass is 10.0. The van der Waals surface area contributed by atoms with Crippen molar-refractivity contribution >= 4 is 12.0 Å². The summed E-state index contributed by atoms with van der Waals surface area (Å²) in [5.74, 6) is -0.959. The smallest absolute Gasteiger partial charge is 0.335 e. The number of benzene rings is 2. The van der Waals surface area contributed by atoms with E-state index in [9.17, 15) is 9.59 Å². The lowest BCUT2D eigenvalue weighted by Crippen LogP contribution is -2.36. The molecule has 0 fully saturated rings. The fourth-order valence-electron chi connectivity index (χ4n) is 2.39. The normalized spacial score (nSPS) is 10.3. The van der Waals surface area contributed by atoms with E-state index >= 15 is 0 Å². The molecule has 0 aliphatic carbocycles. The van der Waals surface area contributed by atoms with Crippen LogP contribution in [0, 0.1) is 13.8 Å². The van der Waals surface area contributed by atoms with E-state index in [-0.39, 0.29) is 11.6 Å². The van der Waals surface area contributed by atoms with Gasteiger partial charge in [-0.25, -0.2) is 9.59 Å². The average Bonchev–Trinajstić information content (AvgIpc) is 2.57. The van der Waals surface area contributed by atoms with Crippen LogP contribution in [0.25, 0.3) is 0 Å². The molecule has 0 spiro atoms. The van der Waals surface area contributed by atoms with E-state index in [0.29, 0.717) is 13.1 Å². The minimum atomic E-state index is -0.959. The molecule has 0 bridgehead atoms. The summed E-state index contributed by atoms with van der Waals surface area (Å²) in [6.45, 7) is 5.01. The van der Waals surface area contributed by atoms with Crippen LogP contribution in [0.15, 0.2) is 42.5 Å². The molecule has 0 atom stereocenters. The molecule has 0 saturated carbocycles. The third kappa shape index (κ3) is 4.35. The molecule has 0 saturated heterocycles. The van der Waals surface area contributed by atoms with Gasteiger partial charge in [0.2, 0.25) is 0 Å². The molecular formula is C19H22N2O3. The van der Waals surface area contributed by atoms with Crippen LogP contribution >= 0.6 is 0 Å². The number of rotatable bonds is 5. The molecule has 2 N–H and O–H groups in total. The summed E-state index contributed by atoms with van der Waals surface area (Å²) in [4.78, 5) is 24.7. The summed E-state index contributed by atoms with van der Waals surface area (Å²) in [6, 6.07) is 12.4. The van der Waals surface area contributed by atoms with Gasteiger partial charge in [-0.3, -0.25) is 0 Å². The number of nitrogens with one attached hydrogen (secondary N) is 1. The first-order valence-corrected chi connectivity index (χ1v) is 7.74. The largest absolute Gasteiger partial charge is 0.478 e. The SMILES string of the molecule is Cc1cccc(CN(C)C(=O)NCc2ccc(C(=O)O)cc2)c1C. The zero-order valence-corrected chi connectivity index (χ0v) is 14.2. The third-order valence-corrected chi connectivity index (χ3v) is 4.12. The summed E-state index contributed by atoms with van der Waals surface area (Å²) in [5, 5.41) is 11.7. The summed E-state index contributed by atoms with van der Waals surface area (Å²) < 4.78 is 0. The van der Waals surface area contributed by atoms with E-state index in [1.165, 1.54) is 23.3 Å². The van der Waals surface area contributed by atoms with Gasteiger partial charge in [0.1, 0.15) is 0 Å². The number of hydrogen-bond acceptors (Lipinski definition) is 2. The van der Waals surface area contributed by atoms with Crippen molar-refractivity contribution in [3.63, 3.8) is 0 Å². The molecular weight excluding hydrogens is 304 g/mol. The minimum Gasteiger partial charge on any atom is -0.478 e. The van der Waals surface area contributed by atoms with Crippen LogP contribution in [-0.4, -0.2) is 29.1 Å². The second kappa shape index (κ2) is 7.64.